The van der Waals surface area contributed by atoms with Crippen molar-refractivity contribution in [2.45, 2.75) is 33.6 Å². The van der Waals surface area contributed by atoms with Crippen molar-refractivity contribution in [3.05, 3.63) is 41.2 Å². The fourth-order valence-corrected chi connectivity index (χ4v) is 2.23. The molecule has 0 unspecified atom stereocenters. The van der Waals surface area contributed by atoms with Crippen molar-refractivity contribution in [2.24, 2.45) is 7.05 Å². The second-order valence-electron chi connectivity index (χ2n) is 5.73. The fraction of sp³-hybridized carbons (Fsp3) is 0.412. The third-order valence-corrected chi connectivity index (χ3v) is 3.69. The van der Waals surface area contributed by atoms with Crippen LogP contribution in [0.1, 0.15) is 36.7 Å². The number of rotatable bonds is 5. The predicted octanol–water partition coefficient (Wildman–Crippen LogP) is 3.18. The average molecular weight is 301 g/mol. The van der Waals surface area contributed by atoms with Gasteiger partial charge in [-0.15, -0.1) is 0 Å². The van der Waals surface area contributed by atoms with Crippen LogP contribution in [0.2, 0.25) is 0 Å². The number of aryl methyl sites for hydroxylation is 2. The topological polar surface area (TPSA) is 56.2 Å². The maximum atomic E-state index is 12.0. The zero-order chi connectivity index (χ0) is 16.3. The van der Waals surface area contributed by atoms with Crippen LogP contribution in [0, 0.1) is 13.8 Å². The molecule has 5 heteroatoms. The summed E-state index contributed by atoms with van der Waals surface area (Å²) in [5, 5.41) is 7.12. The minimum absolute atomic E-state index is 0.0190. The normalized spacial score (nSPS) is 10.8. The lowest BCUT2D eigenvalue weighted by Gasteiger charge is -2.09. The standard InChI is InChI=1S/C17H23N3O2/c1-11(2)14-6-8-15(9-7-14)22-10-16(21)18-17-12(3)19-20(5)13(17)4/h6-9,11H,10H2,1-5H3,(H,18,21). The van der Waals surface area contributed by atoms with E-state index in [9.17, 15) is 4.79 Å². The van der Waals surface area contributed by atoms with Crippen LogP contribution < -0.4 is 10.1 Å². The lowest BCUT2D eigenvalue weighted by molar-refractivity contribution is -0.118. The summed E-state index contributed by atoms with van der Waals surface area (Å²) in [6, 6.07) is 7.83. The molecule has 1 amide bonds. The van der Waals surface area contributed by atoms with E-state index in [2.05, 4.69) is 24.3 Å². The number of carbonyl (C=O) groups excluding carboxylic acids is 1. The number of hydrogen-bond donors (Lipinski definition) is 1. The molecule has 0 saturated carbocycles. The molecule has 2 rings (SSSR count). The van der Waals surface area contributed by atoms with Crippen molar-refractivity contribution in [1.29, 1.82) is 0 Å². The minimum atomic E-state index is -0.188. The molecule has 1 aromatic carbocycles. The molecule has 22 heavy (non-hydrogen) atoms. The second-order valence-corrected chi connectivity index (χ2v) is 5.73. The molecule has 0 aliphatic carbocycles. The van der Waals surface area contributed by atoms with Crippen LogP contribution in [0.15, 0.2) is 24.3 Å². The van der Waals surface area contributed by atoms with E-state index in [1.165, 1.54) is 5.56 Å². The lowest BCUT2D eigenvalue weighted by atomic mass is 10.0. The molecular formula is C17H23N3O2. The Bertz CT molecular complexity index is 657. The average Bonchev–Trinajstić information content (AvgIpc) is 2.72. The third-order valence-electron chi connectivity index (χ3n) is 3.69. The summed E-state index contributed by atoms with van der Waals surface area (Å²) in [5.41, 5.74) is 3.73. The molecule has 0 bridgehead atoms. The zero-order valence-corrected chi connectivity index (χ0v) is 13.8. The van der Waals surface area contributed by atoms with Gasteiger partial charge < -0.3 is 10.1 Å². The number of amides is 1. The van der Waals surface area contributed by atoms with E-state index in [-0.39, 0.29) is 12.5 Å². The summed E-state index contributed by atoms with van der Waals surface area (Å²) in [5.74, 6) is 0.986. The van der Waals surface area contributed by atoms with Crippen LogP contribution in [0.4, 0.5) is 5.69 Å². The Kier molecular flexibility index (Phi) is 4.85. The maximum absolute atomic E-state index is 12.0. The van der Waals surface area contributed by atoms with Gasteiger partial charge in [0.2, 0.25) is 0 Å². The molecule has 0 atom stereocenters. The number of hydrogen-bond acceptors (Lipinski definition) is 3. The number of anilines is 1. The third kappa shape index (κ3) is 3.67. The van der Waals surface area contributed by atoms with E-state index >= 15 is 0 Å². The van der Waals surface area contributed by atoms with Crippen molar-refractivity contribution >= 4 is 11.6 Å². The molecular weight excluding hydrogens is 278 g/mol. The van der Waals surface area contributed by atoms with E-state index in [0.717, 1.165) is 17.1 Å². The maximum Gasteiger partial charge on any atom is 0.262 e. The van der Waals surface area contributed by atoms with Crippen LogP contribution in [-0.2, 0) is 11.8 Å². The first kappa shape index (κ1) is 16.1. The highest BCUT2D eigenvalue weighted by molar-refractivity contribution is 5.93. The molecule has 0 radical (unpaired) electrons. The van der Waals surface area contributed by atoms with Crippen LogP contribution in [0.25, 0.3) is 0 Å². The van der Waals surface area contributed by atoms with Gasteiger partial charge in [0.25, 0.3) is 5.91 Å². The number of nitrogens with one attached hydrogen (secondary N) is 1. The fourth-order valence-electron chi connectivity index (χ4n) is 2.23. The minimum Gasteiger partial charge on any atom is -0.484 e. The molecule has 1 heterocycles. The first-order chi connectivity index (χ1) is 10.4. The Balaban J connectivity index is 1.92. The van der Waals surface area contributed by atoms with E-state index < -0.39 is 0 Å². The van der Waals surface area contributed by atoms with Crippen LogP contribution in [-0.4, -0.2) is 22.3 Å². The molecule has 1 N–H and O–H groups in total. The predicted molar refractivity (Wildman–Crippen MR) is 87.3 cm³/mol. The summed E-state index contributed by atoms with van der Waals surface area (Å²) in [6.45, 7) is 8.05. The first-order valence-electron chi connectivity index (χ1n) is 7.41. The van der Waals surface area contributed by atoms with Crippen molar-refractivity contribution in [2.75, 3.05) is 11.9 Å². The van der Waals surface area contributed by atoms with Gasteiger partial charge in [0, 0.05) is 7.05 Å². The quantitative estimate of drug-likeness (QED) is 0.923. The Labute approximate surface area is 131 Å². The highest BCUT2D eigenvalue weighted by atomic mass is 16.5. The van der Waals surface area contributed by atoms with Crippen molar-refractivity contribution in [3.8, 4) is 5.75 Å². The van der Waals surface area contributed by atoms with Crippen LogP contribution in [0.3, 0.4) is 0 Å². The van der Waals surface area contributed by atoms with Gasteiger partial charge in [-0.1, -0.05) is 26.0 Å². The number of ether oxygens (including phenoxy) is 1. The van der Waals surface area contributed by atoms with Gasteiger partial charge in [-0.25, -0.2) is 0 Å². The molecule has 2 aromatic rings. The number of aromatic nitrogens is 2. The van der Waals surface area contributed by atoms with Crippen molar-refractivity contribution in [1.82, 2.24) is 9.78 Å². The molecule has 118 valence electrons. The lowest BCUT2D eigenvalue weighted by Crippen LogP contribution is -2.20. The Hall–Kier alpha value is -2.30. The number of carbonyl (C=O) groups is 1. The zero-order valence-electron chi connectivity index (χ0n) is 13.8. The van der Waals surface area contributed by atoms with Crippen LogP contribution >= 0.6 is 0 Å². The van der Waals surface area contributed by atoms with Gasteiger partial charge in [-0.2, -0.15) is 5.10 Å². The van der Waals surface area contributed by atoms with Gasteiger partial charge in [0.1, 0.15) is 5.75 Å². The van der Waals surface area contributed by atoms with Gasteiger partial charge >= 0.3 is 0 Å². The highest BCUT2D eigenvalue weighted by Gasteiger charge is 2.12. The van der Waals surface area contributed by atoms with Gasteiger partial charge in [-0.05, 0) is 37.5 Å². The van der Waals surface area contributed by atoms with Gasteiger partial charge in [0.05, 0.1) is 17.1 Å². The second kappa shape index (κ2) is 6.64. The summed E-state index contributed by atoms with van der Waals surface area (Å²) >= 11 is 0. The Morgan fingerprint density at radius 1 is 1.27 bits per heavy atom. The molecule has 0 aliphatic rings. The summed E-state index contributed by atoms with van der Waals surface area (Å²) in [6.07, 6.45) is 0. The number of benzene rings is 1. The molecule has 0 aliphatic heterocycles. The van der Waals surface area contributed by atoms with Gasteiger partial charge in [-0.3, -0.25) is 9.48 Å². The summed E-state index contributed by atoms with van der Waals surface area (Å²) in [7, 11) is 1.85. The van der Waals surface area contributed by atoms with Crippen molar-refractivity contribution in [3.63, 3.8) is 0 Å². The largest absolute Gasteiger partial charge is 0.484 e. The SMILES string of the molecule is Cc1nn(C)c(C)c1NC(=O)COc1ccc(C(C)C)cc1. The Morgan fingerprint density at radius 3 is 2.41 bits per heavy atom. The Morgan fingerprint density at radius 2 is 1.91 bits per heavy atom. The highest BCUT2D eigenvalue weighted by Crippen LogP contribution is 2.20. The first-order valence-corrected chi connectivity index (χ1v) is 7.41. The van der Waals surface area contributed by atoms with Gasteiger partial charge in [0.15, 0.2) is 6.61 Å². The van der Waals surface area contributed by atoms with E-state index in [1.807, 2.05) is 45.2 Å². The van der Waals surface area contributed by atoms with Crippen LogP contribution in [0.5, 0.6) is 5.75 Å². The summed E-state index contributed by atoms with van der Waals surface area (Å²) < 4.78 is 7.27. The van der Waals surface area contributed by atoms with E-state index in [1.54, 1.807) is 4.68 Å². The molecule has 0 spiro atoms. The number of nitrogens with zero attached hydrogens (tertiary/aromatic N) is 2. The van der Waals surface area contributed by atoms with E-state index in [4.69, 9.17) is 4.74 Å². The molecule has 1 aromatic heterocycles. The monoisotopic (exact) mass is 301 g/mol. The van der Waals surface area contributed by atoms with Crippen molar-refractivity contribution < 1.29 is 9.53 Å². The van der Waals surface area contributed by atoms with E-state index in [0.29, 0.717) is 11.7 Å². The molecule has 0 fully saturated rings. The molecule has 5 nitrogen and oxygen atoms in total. The summed E-state index contributed by atoms with van der Waals surface area (Å²) in [4.78, 5) is 12.0. The molecule has 0 saturated heterocycles. The smallest absolute Gasteiger partial charge is 0.262 e.